The Morgan fingerprint density at radius 1 is 1.15 bits per heavy atom. The second kappa shape index (κ2) is 4.89. The van der Waals surface area contributed by atoms with E-state index in [2.05, 4.69) is 10.6 Å². The highest BCUT2D eigenvalue weighted by molar-refractivity contribution is 7.82. The zero-order chi connectivity index (χ0) is 9.68. The van der Waals surface area contributed by atoms with E-state index in [1.54, 1.807) is 6.92 Å². The number of benzene rings is 1. The van der Waals surface area contributed by atoms with Gasteiger partial charge in [-0.1, -0.05) is 30.4 Å². The van der Waals surface area contributed by atoms with Crippen molar-refractivity contribution < 1.29 is 0 Å². The van der Waals surface area contributed by atoms with Crippen LogP contribution in [0.25, 0.3) is 0 Å². The molecule has 0 bridgehead atoms. The summed E-state index contributed by atoms with van der Waals surface area (Å²) in [5.41, 5.74) is 0.955. The first-order valence-corrected chi connectivity index (χ1v) is 4.64. The Balaban J connectivity index is 2.50. The molecule has 0 saturated carbocycles. The molecule has 0 saturated heterocycles. The van der Waals surface area contributed by atoms with Crippen molar-refractivity contribution in [3.8, 4) is 0 Å². The van der Waals surface area contributed by atoms with E-state index < -0.39 is 0 Å². The quantitative estimate of drug-likeness (QED) is 0.695. The van der Waals surface area contributed by atoms with Gasteiger partial charge in [-0.2, -0.15) is 0 Å². The molecule has 0 aliphatic heterocycles. The van der Waals surface area contributed by atoms with Gasteiger partial charge in [0.2, 0.25) is 0 Å². The maximum Gasteiger partial charge on any atom is 0.175 e. The first kappa shape index (κ1) is 10.1. The Morgan fingerprint density at radius 2 is 1.77 bits per heavy atom. The fourth-order valence-electron chi connectivity index (χ4n) is 0.844. The SMILES string of the molecule is CC(=S)NC(=S)Nc1ccccc1. The first-order chi connectivity index (χ1) is 6.18. The van der Waals surface area contributed by atoms with Gasteiger partial charge in [-0.05, 0) is 31.3 Å². The van der Waals surface area contributed by atoms with E-state index in [1.807, 2.05) is 30.3 Å². The van der Waals surface area contributed by atoms with Crippen molar-refractivity contribution in [2.75, 3.05) is 5.32 Å². The number of hydrogen-bond acceptors (Lipinski definition) is 2. The maximum absolute atomic E-state index is 5.00. The van der Waals surface area contributed by atoms with E-state index in [1.165, 1.54) is 0 Å². The molecule has 2 nitrogen and oxygen atoms in total. The summed E-state index contributed by atoms with van der Waals surface area (Å²) >= 11 is 9.85. The van der Waals surface area contributed by atoms with Gasteiger partial charge in [-0.25, -0.2) is 0 Å². The van der Waals surface area contributed by atoms with Crippen molar-refractivity contribution in [2.24, 2.45) is 0 Å². The lowest BCUT2D eigenvalue weighted by Crippen LogP contribution is -2.31. The molecule has 0 fully saturated rings. The molecule has 0 heterocycles. The van der Waals surface area contributed by atoms with Crippen molar-refractivity contribution in [2.45, 2.75) is 6.92 Å². The minimum absolute atomic E-state index is 0.527. The van der Waals surface area contributed by atoms with Crippen LogP contribution in [0.5, 0.6) is 0 Å². The largest absolute Gasteiger partial charge is 0.332 e. The summed E-state index contributed by atoms with van der Waals surface area (Å²) < 4.78 is 0. The fraction of sp³-hybridized carbons (Fsp3) is 0.111. The van der Waals surface area contributed by atoms with E-state index in [0.29, 0.717) is 10.1 Å². The molecule has 0 amide bonds. The third-order valence-corrected chi connectivity index (χ3v) is 1.63. The molecule has 0 aromatic heterocycles. The highest BCUT2D eigenvalue weighted by atomic mass is 32.1. The van der Waals surface area contributed by atoms with Crippen LogP contribution < -0.4 is 10.6 Å². The molecule has 4 heteroatoms. The lowest BCUT2D eigenvalue weighted by Gasteiger charge is -2.08. The molecule has 0 unspecified atom stereocenters. The smallest absolute Gasteiger partial charge is 0.175 e. The van der Waals surface area contributed by atoms with Crippen molar-refractivity contribution in [1.82, 2.24) is 5.32 Å². The van der Waals surface area contributed by atoms with E-state index in [9.17, 15) is 0 Å². The van der Waals surface area contributed by atoms with Crippen LogP contribution in [0.15, 0.2) is 30.3 Å². The summed E-state index contributed by atoms with van der Waals surface area (Å²) in [7, 11) is 0. The molecule has 0 aliphatic rings. The summed E-state index contributed by atoms with van der Waals surface area (Å²) in [4.78, 5) is 0.661. The van der Waals surface area contributed by atoms with Crippen molar-refractivity contribution in [1.29, 1.82) is 0 Å². The normalized spacial score (nSPS) is 9.00. The van der Waals surface area contributed by atoms with Crippen LogP contribution in [0.4, 0.5) is 5.69 Å². The molecule has 68 valence electrons. The van der Waals surface area contributed by atoms with Gasteiger partial charge in [-0.15, -0.1) is 0 Å². The van der Waals surface area contributed by atoms with Crippen molar-refractivity contribution >= 4 is 40.2 Å². The van der Waals surface area contributed by atoms with Crippen LogP contribution in [0.3, 0.4) is 0 Å². The second-order valence-corrected chi connectivity index (χ2v) is 3.52. The highest BCUT2D eigenvalue weighted by Crippen LogP contribution is 2.03. The molecule has 2 N–H and O–H groups in total. The highest BCUT2D eigenvalue weighted by Gasteiger charge is 1.95. The van der Waals surface area contributed by atoms with Crippen molar-refractivity contribution in [3.05, 3.63) is 30.3 Å². The van der Waals surface area contributed by atoms with Crippen LogP contribution in [0.2, 0.25) is 0 Å². The van der Waals surface area contributed by atoms with Crippen LogP contribution in [-0.2, 0) is 0 Å². The molecule has 1 aromatic rings. The minimum Gasteiger partial charge on any atom is -0.332 e. The van der Waals surface area contributed by atoms with Gasteiger partial charge in [0, 0.05) is 5.69 Å². The van der Waals surface area contributed by atoms with Gasteiger partial charge in [0.25, 0.3) is 0 Å². The van der Waals surface area contributed by atoms with Crippen LogP contribution in [0, 0.1) is 0 Å². The summed E-state index contributed by atoms with van der Waals surface area (Å²) in [6, 6.07) is 9.70. The lowest BCUT2D eigenvalue weighted by atomic mass is 10.3. The summed E-state index contributed by atoms with van der Waals surface area (Å²) in [6.45, 7) is 1.79. The molecule has 1 rings (SSSR count). The number of anilines is 1. The fourth-order valence-corrected chi connectivity index (χ4v) is 1.28. The van der Waals surface area contributed by atoms with E-state index in [4.69, 9.17) is 24.4 Å². The van der Waals surface area contributed by atoms with Gasteiger partial charge in [0.15, 0.2) is 5.11 Å². The monoisotopic (exact) mass is 210 g/mol. The van der Waals surface area contributed by atoms with Crippen LogP contribution in [-0.4, -0.2) is 10.1 Å². The van der Waals surface area contributed by atoms with Gasteiger partial charge < -0.3 is 10.6 Å². The maximum atomic E-state index is 5.00. The second-order valence-electron chi connectivity index (χ2n) is 2.50. The number of para-hydroxylation sites is 1. The summed E-state index contributed by atoms with van der Waals surface area (Å²) in [6.07, 6.45) is 0. The third kappa shape index (κ3) is 3.96. The molecule has 1 aromatic carbocycles. The Labute approximate surface area is 88.3 Å². The average Bonchev–Trinajstić information content (AvgIpc) is 2.04. The zero-order valence-corrected chi connectivity index (χ0v) is 8.84. The van der Waals surface area contributed by atoms with Crippen LogP contribution >= 0.6 is 24.4 Å². The van der Waals surface area contributed by atoms with Gasteiger partial charge in [0.1, 0.15) is 0 Å². The van der Waals surface area contributed by atoms with Crippen molar-refractivity contribution in [3.63, 3.8) is 0 Å². The molecular formula is C9H10N2S2. The summed E-state index contributed by atoms with van der Waals surface area (Å²) in [5, 5.41) is 6.38. The number of thiocarbonyl (C=S) groups is 2. The van der Waals surface area contributed by atoms with E-state index >= 15 is 0 Å². The standard InChI is InChI=1S/C9H10N2S2/c1-7(12)10-9(13)11-8-5-3-2-4-6-8/h2-6H,1H3,(H2,10,11,12,13). The number of nitrogens with one attached hydrogen (secondary N) is 2. The summed E-state index contributed by atoms with van der Waals surface area (Å²) in [5.74, 6) is 0. The third-order valence-electron chi connectivity index (χ3n) is 1.32. The molecule has 13 heavy (non-hydrogen) atoms. The molecule has 0 radical (unpaired) electrons. The van der Waals surface area contributed by atoms with Gasteiger partial charge >= 0.3 is 0 Å². The molecular weight excluding hydrogens is 200 g/mol. The van der Waals surface area contributed by atoms with E-state index in [0.717, 1.165) is 5.69 Å². The predicted octanol–water partition coefficient (Wildman–Crippen LogP) is 2.32. The Morgan fingerprint density at radius 3 is 2.31 bits per heavy atom. The molecule has 0 atom stereocenters. The minimum atomic E-state index is 0.527. The van der Waals surface area contributed by atoms with Gasteiger partial charge in [0.05, 0.1) is 4.99 Å². The Hall–Kier alpha value is -1.00. The average molecular weight is 210 g/mol. The first-order valence-electron chi connectivity index (χ1n) is 3.82. The Kier molecular flexibility index (Phi) is 3.79. The zero-order valence-electron chi connectivity index (χ0n) is 7.20. The Bertz CT molecular complexity index is 309. The number of hydrogen-bond donors (Lipinski definition) is 2. The molecule has 0 aliphatic carbocycles. The van der Waals surface area contributed by atoms with Gasteiger partial charge in [-0.3, -0.25) is 0 Å². The number of rotatable bonds is 1. The topological polar surface area (TPSA) is 24.1 Å². The molecule has 0 spiro atoms. The van der Waals surface area contributed by atoms with Crippen LogP contribution in [0.1, 0.15) is 6.92 Å². The predicted molar refractivity (Wildman–Crippen MR) is 64.1 cm³/mol. The van der Waals surface area contributed by atoms with E-state index in [-0.39, 0.29) is 0 Å². The lowest BCUT2D eigenvalue weighted by molar-refractivity contribution is 1.40.